The summed E-state index contributed by atoms with van der Waals surface area (Å²) < 4.78 is 56.5. The van der Waals surface area contributed by atoms with Gasteiger partial charge in [-0.25, -0.2) is 0 Å². The molecule has 0 N–H and O–H groups in total. The monoisotopic (exact) mass is 527 g/mol. The van der Waals surface area contributed by atoms with Crippen molar-refractivity contribution in [3.05, 3.63) is 82.4 Å². The van der Waals surface area contributed by atoms with Crippen molar-refractivity contribution in [3.8, 4) is 29.7 Å². The van der Waals surface area contributed by atoms with Gasteiger partial charge in [-0.2, -0.15) is 13.2 Å². The molecule has 0 saturated carbocycles. The van der Waals surface area contributed by atoms with Gasteiger partial charge in [0, 0.05) is 35.0 Å². The van der Waals surface area contributed by atoms with Crippen molar-refractivity contribution in [2.24, 2.45) is 0 Å². The maximum atomic E-state index is 13.5. The molecule has 0 bridgehead atoms. The van der Waals surface area contributed by atoms with Gasteiger partial charge in [-0.05, 0) is 78.4 Å². The summed E-state index contributed by atoms with van der Waals surface area (Å²) in [5, 5.41) is 0. The standard InChI is InChI=1S/C27H26F3NO3S.C2H2/c1-16-6-5-7-17(2)25(16)19-8-9-20-14-31(15-21(20)12-19)26(32)23-13-22(35(4)33)10-11-24(23)34-18(3)27(28,29)30;1-2/h5-13,18H,14-15H2,1-4H3;1-2H. The number of benzene rings is 3. The van der Waals surface area contributed by atoms with Gasteiger partial charge in [-0.3, -0.25) is 9.00 Å². The van der Waals surface area contributed by atoms with E-state index in [0.717, 1.165) is 40.3 Å². The zero-order valence-electron chi connectivity index (χ0n) is 21.1. The molecule has 3 aromatic rings. The third kappa shape index (κ3) is 6.05. The summed E-state index contributed by atoms with van der Waals surface area (Å²) in [6.07, 6.45) is 2.77. The molecule has 1 aliphatic rings. The molecule has 2 unspecified atom stereocenters. The van der Waals surface area contributed by atoms with Gasteiger partial charge in [0.2, 0.25) is 0 Å². The van der Waals surface area contributed by atoms with Crippen LogP contribution in [0, 0.1) is 26.7 Å². The van der Waals surface area contributed by atoms with Gasteiger partial charge in [-0.1, -0.05) is 30.3 Å². The van der Waals surface area contributed by atoms with Crippen LogP contribution < -0.4 is 4.74 Å². The van der Waals surface area contributed by atoms with Gasteiger partial charge in [0.25, 0.3) is 5.91 Å². The Labute approximate surface area is 217 Å². The van der Waals surface area contributed by atoms with Gasteiger partial charge in [0.05, 0.1) is 5.56 Å². The molecule has 1 heterocycles. The molecule has 1 amide bonds. The first-order valence-electron chi connectivity index (χ1n) is 11.5. The molecule has 0 fully saturated rings. The van der Waals surface area contributed by atoms with Crippen LogP contribution in [0.4, 0.5) is 13.2 Å². The van der Waals surface area contributed by atoms with Crippen LogP contribution in [0.5, 0.6) is 5.75 Å². The van der Waals surface area contributed by atoms with Crippen LogP contribution in [0.1, 0.15) is 39.5 Å². The molecule has 0 spiro atoms. The largest absolute Gasteiger partial charge is 0.480 e. The Bertz CT molecular complexity index is 1340. The first kappa shape index (κ1) is 28.0. The van der Waals surface area contributed by atoms with Crippen LogP contribution >= 0.6 is 0 Å². The van der Waals surface area contributed by atoms with E-state index in [1.54, 1.807) is 4.90 Å². The lowest BCUT2D eigenvalue weighted by molar-refractivity contribution is -0.189. The van der Waals surface area contributed by atoms with Crippen molar-refractivity contribution in [1.29, 1.82) is 0 Å². The first-order valence-corrected chi connectivity index (χ1v) is 13.0. The topological polar surface area (TPSA) is 46.6 Å². The number of alkyl halides is 3. The van der Waals surface area contributed by atoms with Crippen molar-refractivity contribution in [3.63, 3.8) is 0 Å². The van der Waals surface area contributed by atoms with E-state index in [4.69, 9.17) is 4.74 Å². The number of amides is 1. The van der Waals surface area contributed by atoms with E-state index in [1.807, 2.05) is 18.2 Å². The Balaban J connectivity index is 0.00000186. The zero-order valence-corrected chi connectivity index (χ0v) is 21.9. The van der Waals surface area contributed by atoms with E-state index in [9.17, 15) is 22.2 Å². The van der Waals surface area contributed by atoms with Crippen LogP contribution in [0.25, 0.3) is 11.1 Å². The Morgan fingerprint density at radius 3 is 2.22 bits per heavy atom. The number of aryl methyl sites for hydroxylation is 2. The van der Waals surface area contributed by atoms with E-state index in [0.29, 0.717) is 18.0 Å². The molecule has 1 aliphatic heterocycles. The van der Waals surface area contributed by atoms with Crippen molar-refractivity contribution < 1.29 is 26.9 Å². The molecular formula is C29H28F3NO3S. The smallest absolute Gasteiger partial charge is 0.425 e. The summed E-state index contributed by atoms with van der Waals surface area (Å²) in [4.78, 5) is 15.4. The van der Waals surface area contributed by atoms with Gasteiger partial charge in [-0.15, -0.1) is 12.8 Å². The summed E-state index contributed by atoms with van der Waals surface area (Å²) in [5.41, 5.74) is 6.45. The predicted octanol–water partition coefficient (Wildman–Crippen LogP) is 6.44. The lowest BCUT2D eigenvalue weighted by Crippen LogP contribution is -2.32. The van der Waals surface area contributed by atoms with Gasteiger partial charge in [0.15, 0.2) is 6.10 Å². The maximum absolute atomic E-state index is 13.5. The number of carbonyl (C=O) groups excluding carboxylic acids is 1. The molecule has 4 rings (SSSR count). The minimum Gasteiger partial charge on any atom is -0.480 e. The Kier molecular flexibility index (Phi) is 8.49. The molecule has 194 valence electrons. The van der Waals surface area contributed by atoms with Crippen LogP contribution in [-0.2, 0) is 23.9 Å². The minimum absolute atomic E-state index is 0.0309. The normalized spacial score (nSPS) is 14.2. The molecule has 0 radical (unpaired) electrons. The number of fused-ring (bicyclic) bond motifs is 1. The van der Waals surface area contributed by atoms with E-state index in [2.05, 4.69) is 44.9 Å². The number of ether oxygens (including phenoxy) is 1. The second-order valence-electron chi connectivity index (χ2n) is 8.83. The quantitative estimate of drug-likeness (QED) is 0.359. The molecule has 4 nitrogen and oxygen atoms in total. The molecule has 0 saturated heterocycles. The molecule has 0 aromatic heterocycles. The number of terminal acetylenes is 1. The molecule has 0 aliphatic carbocycles. The van der Waals surface area contributed by atoms with Crippen molar-refractivity contribution in [2.45, 2.75) is 51.0 Å². The Hall–Kier alpha value is -3.57. The van der Waals surface area contributed by atoms with Gasteiger partial charge >= 0.3 is 6.18 Å². The van der Waals surface area contributed by atoms with E-state index in [1.165, 1.54) is 24.5 Å². The van der Waals surface area contributed by atoms with Gasteiger partial charge in [0.1, 0.15) is 5.75 Å². The molecule has 8 heteroatoms. The molecule has 37 heavy (non-hydrogen) atoms. The lowest BCUT2D eigenvalue weighted by Gasteiger charge is -2.22. The van der Waals surface area contributed by atoms with Crippen molar-refractivity contribution in [1.82, 2.24) is 4.90 Å². The summed E-state index contributed by atoms with van der Waals surface area (Å²) in [6.45, 7) is 5.65. The number of hydrogen-bond acceptors (Lipinski definition) is 3. The second kappa shape index (κ2) is 11.2. The van der Waals surface area contributed by atoms with Crippen molar-refractivity contribution >= 4 is 16.7 Å². The molecule has 2 atom stereocenters. The van der Waals surface area contributed by atoms with Crippen LogP contribution in [-0.4, -0.2) is 33.6 Å². The number of hydrogen-bond donors (Lipinski definition) is 0. The average molecular weight is 528 g/mol. The fraction of sp³-hybridized carbons (Fsp3) is 0.276. The highest BCUT2D eigenvalue weighted by Crippen LogP contribution is 2.34. The highest BCUT2D eigenvalue weighted by Gasteiger charge is 2.39. The number of rotatable bonds is 5. The van der Waals surface area contributed by atoms with Crippen LogP contribution in [0.2, 0.25) is 0 Å². The lowest BCUT2D eigenvalue weighted by atomic mass is 9.94. The highest BCUT2D eigenvalue weighted by molar-refractivity contribution is 7.84. The number of halogens is 3. The maximum Gasteiger partial charge on any atom is 0.425 e. The number of nitrogens with zero attached hydrogens (tertiary/aromatic N) is 1. The summed E-state index contributed by atoms with van der Waals surface area (Å²) in [5.74, 6) is -0.646. The minimum atomic E-state index is -4.58. The summed E-state index contributed by atoms with van der Waals surface area (Å²) >= 11 is 0. The zero-order chi connectivity index (χ0) is 27.5. The third-order valence-electron chi connectivity index (χ3n) is 6.26. The Morgan fingerprint density at radius 2 is 1.62 bits per heavy atom. The fourth-order valence-electron chi connectivity index (χ4n) is 4.35. The molecular weight excluding hydrogens is 499 g/mol. The fourth-order valence-corrected chi connectivity index (χ4v) is 4.89. The summed E-state index contributed by atoms with van der Waals surface area (Å²) in [7, 11) is -1.41. The van der Waals surface area contributed by atoms with Gasteiger partial charge < -0.3 is 9.64 Å². The molecule has 3 aromatic carbocycles. The number of carbonyl (C=O) groups is 1. The predicted molar refractivity (Wildman–Crippen MR) is 140 cm³/mol. The first-order chi connectivity index (χ1) is 17.5. The Morgan fingerprint density at radius 1 is 1.00 bits per heavy atom. The highest BCUT2D eigenvalue weighted by atomic mass is 32.2. The SMILES string of the molecule is C#C.Cc1cccc(C)c1-c1ccc2c(c1)CN(C(=O)c1cc(S(C)=O)ccc1OC(C)C(F)(F)F)C2. The van der Waals surface area contributed by atoms with Crippen LogP contribution in [0.3, 0.4) is 0 Å². The van der Waals surface area contributed by atoms with E-state index >= 15 is 0 Å². The summed E-state index contributed by atoms with van der Waals surface area (Å²) in [6, 6.07) is 16.3. The van der Waals surface area contributed by atoms with Crippen LogP contribution in [0.15, 0.2) is 59.5 Å². The van der Waals surface area contributed by atoms with Crippen molar-refractivity contribution in [2.75, 3.05) is 6.26 Å². The second-order valence-corrected chi connectivity index (χ2v) is 10.2. The van der Waals surface area contributed by atoms with E-state index < -0.39 is 29.0 Å². The van der Waals surface area contributed by atoms with E-state index in [-0.39, 0.29) is 11.3 Å². The third-order valence-corrected chi connectivity index (χ3v) is 7.18. The average Bonchev–Trinajstić information content (AvgIpc) is 3.28.